The Morgan fingerprint density at radius 3 is 2.16 bits per heavy atom. The highest BCUT2D eigenvalue weighted by Crippen LogP contribution is 2.33. The van der Waals surface area contributed by atoms with Gasteiger partial charge in [0.15, 0.2) is 0 Å². The van der Waals surface area contributed by atoms with Crippen LogP contribution in [0, 0.1) is 0 Å². The van der Waals surface area contributed by atoms with E-state index >= 15 is 0 Å². The fraction of sp³-hybridized carbons (Fsp3) is 0. The lowest BCUT2D eigenvalue weighted by molar-refractivity contribution is 0.475. The van der Waals surface area contributed by atoms with Crippen molar-refractivity contribution in [1.29, 1.82) is 0 Å². The maximum atomic E-state index is 9.15. The normalized spacial score (nSPS) is 10.9. The van der Waals surface area contributed by atoms with Crippen molar-refractivity contribution in [3.8, 4) is 5.75 Å². The van der Waals surface area contributed by atoms with Gasteiger partial charge in [0.05, 0.1) is 21.9 Å². The molecule has 0 atom stereocenters. The molecule has 2 rings (SSSR count). The van der Waals surface area contributed by atoms with Crippen molar-refractivity contribution in [2.75, 3.05) is 5.43 Å². The molecule has 0 saturated carbocycles. The number of benzene rings is 2. The van der Waals surface area contributed by atoms with Crippen LogP contribution < -0.4 is 5.43 Å². The van der Waals surface area contributed by atoms with Crippen LogP contribution in [-0.2, 0) is 0 Å². The molecule has 0 radical (unpaired) electrons. The third kappa shape index (κ3) is 3.77. The quantitative estimate of drug-likeness (QED) is 0.631. The first-order valence-electron chi connectivity index (χ1n) is 5.29. The Balaban J connectivity index is 2.12. The minimum Gasteiger partial charge on any atom is -0.508 e. The van der Waals surface area contributed by atoms with Gasteiger partial charge in [-0.05, 0) is 42.0 Å². The summed E-state index contributed by atoms with van der Waals surface area (Å²) in [5, 5.41) is 14.4. The number of rotatable bonds is 3. The smallest absolute Gasteiger partial charge is 0.115 e. The molecular weight excluding hydrogens is 307 g/mol. The molecule has 98 valence electrons. The van der Waals surface area contributed by atoms with E-state index < -0.39 is 0 Å². The van der Waals surface area contributed by atoms with Crippen molar-refractivity contribution in [3.63, 3.8) is 0 Å². The monoisotopic (exact) mass is 314 g/mol. The molecule has 0 amide bonds. The summed E-state index contributed by atoms with van der Waals surface area (Å²) in [6.07, 6.45) is 1.58. The Kier molecular flexibility index (Phi) is 4.53. The molecule has 19 heavy (non-hydrogen) atoms. The first kappa shape index (κ1) is 14.0. The third-order valence-corrected chi connectivity index (χ3v) is 3.10. The standard InChI is InChI=1S/C13H9Cl3N2O/c14-9-5-11(15)13(12(16)6-9)18-17-7-8-1-3-10(19)4-2-8/h1-7,18-19H/b17-7-. The van der Waals surface area contributed by atoms with Crippen LogP contribution >= 0.6 is 34.8 Å². The van der Waals surface area contributed by atoms with Gasteiger partial charge in [-0.2, -0.15) is 5.10 Å². The molecule has 0 aromatic heterocycles. The predicted octanol–water partition coefficient (Wildman–Crippen LogP) is 4.80. The van der Waals surface area contributed by atoms with E-state index in [1.165, 1.54) is 0 Å². The molecule has 0 aliphatic heterocycles. The van der Waals surface area contributed by atoms with Gasteiger partial charge in [0.25, 0.3) is 0 Å². The number of nitrogens with one attached hydrogen (secondary N) is 1. The number of hydrogen-bond acceptors (Lipinski definition) is 3. The van der Waals surface area contributed by atoms with Crippen LogP contribution in [0.1, 0.15) is 5.56 Å². The minimum absolute atomic E-state index is 0.203. The van der Waals surface area contributed by atoms with E-state index in [-0.39, 0.29) is 5.75 Å². The van der Waals surface area contributed by atoms with Crippen LogP contribution in [0.5, 0.6) is 5.75 Å². The summed E-state index contributed by atoms with van der Waals surface area (Å²) in [7, 11) is 0. The number of phenols is 1. The zero-order chi connectivity index (χ0) is 13.8. The fourth-order valence-electron chi connectivity index (χ4n) is 1.38. The second kappa shape index (κ2) is 6.15. The lowest BCUT2D eigenvalue weighted by atomic mass is 10.2. The number of hydrazone groups is 1. The average Bonchev–Trinajstić information content (AvgIpc) is 2.34. The SMILES string of the molecule is Oc1ccc(/C=N\Nc2c(Cl)cc(Cl)cc2Cl)cc1. The number of anilines is 1. The second-order valence-corrected chi connectivity index (χ2v) is 4.96. The average molecular weight is 316 g/mol. The highest BCUT2D eigenvalue weighted by atomic mass is 35.5. The maximum Gasteiger partial charge on any atom is 0.115 e. The summed E-state index contributed by atoms with van der Waals surface area (Å²) in [6.45, 7) is 0. The van der Waals surface area contributed by atoms with E-state index in [1.54, 1.807) is 42.6 Å². The van der Waals surface area contributed by atoms with Gasteiger partial charge in [-0.1, -0.05) is 34.8 Å². The Morgan fingerprint density at radius 2 is 1.58 bits per heavy atom. The van der Waals surface area contributed by atoms with Crippen LogP contribution in [0.25, 0.3) is 0 Å². The minimum atomic E-state index is 0.203. The van der Waals surface area contributed by atoms with Crippen molar-refractivity contribution in [2.45, 2.75) is 0 Å². The van der Waals surface area contributed by atoms with Crippen LogP contribution in [0.15, 0.2) is 41.5 Å². The number of phenolic OH excluding ortho intramolecular Hbond substituents is 1. The van der Waals surface area contributed by atoms with Crippen molar-refractivity contribution in [2.24, 2.45) is 5.10 Å². The van der Waals surface area contributed by atoms with Crippen molar-refractivity contribution in [3.05, 3.63) is 57.0 Å². The summed E-state index contributed by atoms with van der Waals surface area (Å²) in [4.78, 5) is 0. The first-order valence-corrected chi connectivity index (χ1v) is 6.42. The zero-order valence-electron chi connectivity index (χ0n) is 9.57. The van der Waals surface area contributed by atoms with Crippen LogP contribution in [-0.4, -0.2) is 11.3 Å². The molecular formula is C13H9Cl3N2O. The summed E-state index contributed by atoms with van der Waals surface area (Å²) in [5.41, 5.74) is 4.07. The van der Waals surface area contributed by atoms with Crippen LogP contribution in [0.2, 0.25) is 15.1 Å². The van der Waals surface area contributed by atoms with Gasteiger partial charge in [0.1, 0.15) is 5.75 Å². The molecule has 0 heterocycles. The highest BCUT2D eigenvalue weighted by molar-refractivity contribution is 6.41. The summed E-state index contributed by atoms with van der Waals surface area (Å²) in [5.74, 6) is 0.203. The van der Waals surface area contributed by atoms with Gasteiger partial charge in [0.2, 0.25) is 0 Å². The largest absolute Gasteiger partial charge is 0.508 e. The third-order valence-electron chi connectivity index (χ3n) is 2.29. The molecule has 2 aromatic rings. The molecule has 0 fully saturated rings. The Bertz CT molecular complexity index is 589. The molecule has 6 heteroatoms. The van der Waals surface area contributed by atoms with Gasteiger partial charge in [-0.3, -0.25) is 5.43 Å². The Hall–Kier alpha value is -1.42. The Morgan fingerprint density at radius 1 is 1.00 bits per heavy atom. The van der Waals surface area contributed by atoms with E-state index in [0.29, 0.717) is 20.8 Å². The predicted molar refractivity (Wildman–Crippen MR) is 80.8 cm³/mol. The zero-order valence-corrected chi connectivity index (χ0v) is 11.8. The molecule has 0 spiro atoms. The van der Waals surface area contributed by atoms with E-state index in [9.17, 15) is 0 Å². The molecule has 3 nitrogen and oxygen atoms in total. The number of halogens is 3. The van der Waals surface area contributed by atoms with E-state index in [1.807, 2.05) is 0 Å². The molecule has 0 aliphatic rings. The number of aromatic hydroxyl groups is 1. The molecule has 2 aromatic carbocycles. The summed E-state index contributed by atoms with van der Waals surface area (Å²) >= 11 is 17.8. The van der Waals surface area contributed by atoms with Gasteiger partial charge < -0.3 is 5.11 Å². The van der Waals surface area contributed by atoms with Crippen LogP contribution in [0.4, 0.5) is 5.69 Å². The maximum absolute atomic E-state index is 9.15. The van der Waals surface area contributed by atoms with Crippen molar-refractivity contribution < 1.29 is 5.11 Å². The first-order chi connectivity index (χ1) is 9.06. The van der Waals surface area contributed by atoms with E-state index in [0.717, 1.165) is 5.56 Å². The summed E-state index contributed by atoms with van der Waals surface area (Å²) < 4.78 is 0. The van der Waals surface area contributed by atoms with Gasteiger partial charge in [0, 0.05) is 5.02 Å². The van der Waals surface area contributed by atoms with E-state index in [2.05, 4.69) is 10.5 Å². The second-order valence-electron chi connectivity index (χ2n) is 3.71. The lowest BCUT2D eigenvalue weighted by Crippen LogP contribution is -1.92. The molecule has 0 unspecified atom stereocenters. The highest BCUT2D eigenvalue weighted by Gasteiger charge is 2.06. The summed E-state index contributed by atoms with van der Waals surface area (Å²) in [6, 6.07) is 9.76. The fourth-order valence-corrected chi connectivity index (χ4v) is 2.28. The Labute approximate surface area is 125 Å². The lowest BCUT2D eigenvalue weighted by Gasteiger charge is -2.06. The van der Waals surface area contributed by atoms with E-state index in [4.69, 9.17) is 39.9 Å². The topological polar surface area (TPSA) is 44.6 Å². The number of nitrogens with zero attached hydrogens (tertiary/aromatic N) is 1. The molecule has 2 N–H and O–H groups in total. The van der Waals surface area contributed by atoms with Gasteiger partial charge in [-0.15, -0.1) is 0 Å². The van der Waals surface area contributed by atoms with Crippen molar-refractivity contribution >= 4 is 46.7 Å². The number of hydrogen-bond donors (Lipinski definition) is 2. The molecule has 0 saturated heterocycles. The van der Waals surface area contributed by atoms with Crippen LogP contribution in [0.3, 0.4) is 0 Å². The molecule has 0 aliphatic carbocycles. The van der Waals surface area contributed by atoms with Gasteiger partial charge >= 0.3 is 0 Å². The molecule has 0 bridgehead atoms. The van der Waals surface area contributed by atoms with Gasteiger partial charge in [-0.25, -0.2) is 0 Å². The van der Waals surface area contributed by atoms with Crippen molar-refractivity contribution in [1.82, 2.24) is 0 Å².